The van der Waals surface area contributed by atoms with Crippen LogP contribution in [0.15, 0.2) is 12.2 Å². The highest BCUT2D eigenvalue weighted by Gasteiger charge is 2.54. The van der Waals surface area contributed by atoms with Crippen LogP contribution >= 0.6 is 0 Å². The third kappa shape index (κ3) is 1.24. The molecule has 0 radical (unpaired) electrons. The molecule has 2 aliphatic rings. The summed E-state index contributed by atoms with van der Waals surface area (Å²) < 4.78 is 0. The molecular weight excluding hydrogens is 164 g/mol. The highest BCUT2D eigenvalue weighted by Crippen LogP contribution is 2.53. The Labute approximate surface area is 79.3 Å². The summed E-state index contributed by atoms with van der Waals surface area (Å²) in [5.41, 5.74) is 0.786. The van der Waals surface area contributed by atoms with Crippen LogP contribution in [0.1, 0.15) is 26.2 Å². The summed E-state index contributed by atoms with van der Waals surface area (Å²) in [5, 5.41) is 19.6. The molecule has 74 valence electrons. The van der Waals surface area contributed by atoms with E-state index in [2.05, 4.69) is 6.58 Å². The molecule has 0 aromatic carbocycles. The van der Waals surface area contributed by atoms with Crippen molar-refractivity contribution in [2.45, 2.75) is 38.4 Å². The Morgan fingerprint density at radius 3 is 2.62 bits per heavy atom. The van der Waals surface area contributed by atoms with Gasteiger partial charge in [-0.25, -0.2) is 0 Å². The molecule has 2 fully saturated rings. The minimum atomic E-state index is -0.491. The number of hydrogen-bond donors (Lipinski definition) is 2. The summed E-state index contributed by atoms with van der Waals surface area (Å²) in [6, 6.07) is 0. The molecule has 2 heteroatoms. The maximum atomic E-state index is 9.80. The van der Waals surface area contributed by atoms with Crippen LogP contribution in [0.25, 0.3) is 0 Å². The van der Waals surface area contributed by atoms with Gasteiger partial charge in [-0.2, -0.15) is 0 Å². The Kier molecular flexibility index (Phi) is 2.20. The van der Waals surface area contributed by atoms with E-state index in [1.54, 1.807) is 0 Å². The van der Waals surface area contributed by atoms with Crippen molar-refractivity contribution in [3.63, 3.8) is 0 Å². The van der Waals surface area contributed by atoms with Gasteiger partial charge in [0.15, 0.2) is 0 Å². The molecule has 13 heavy (non-hydrogen) atoms. The van der Waals surface area contributed by atoms with E-state index in [0.29, 0.717) is 11.8 Å². The van der Waals surface area contributed by atoms with Gasteiger partial charge in [0.25, 0.3) is 0 Å². The average molecular weight is 182 g/mol. The van der Waals surface area contributed by atoms with Crippen molar-refractivity contribution >= 4 is 0 Å². The highest BCUT2D eigenvalue weighted by molar-refractivity contribution is 5.11. The minimum Gasteiger partial charge on any atom is -0.392 e. The second-order valence-electron chi connectivity index (χ2n) is 4.62. The van der Waals surface area contributed by atoms with Gasteiger partial charge in [0.05, 0.1) is 12.2 Å². The fourth-order valence-corrected chi connectivity index (χ4v) is 3.06. The van der Waals surface area contributed by atoms with Crippen molar-refractivity contribution in [3.05, 3.63) is 12.2 Å². The number of aliphatic hydroxyl groups is 2. The second kappa shape index (κ2) is 3.10. The molecule has 0 bridgehead atoms. The molecular formula is C11H18O2. The molecule has 0 amide bonds. The third-order valence-corrected chi connectivity index (χ3v) is 3.82. The number of fused-ring (bicyclic) bond motifs is 1. The van der Waals surface area contributed by atoms with Crippen molar-refractivity contribution in [2.24, 2.45) is 17.8 Å². The Morgan fingerprint density at radius 2 is 2.00 bits per heavy atom. The number of aliphatic hydroxyl groups excluding tert-OH is 2. The first-order valence-corrected chi connectivity index (χ1v) is 5.14. The Morgan fingerprint density at radius 1 is 1.38 bits per heavy atom. The lowest BCUT2D eigenvalue weighted by Gasteiger charge is -2.48. The lowest BCUT2D eigenvalue weighted by atomic mass is 9.61. The fourth-order valence-electron chi connectivity index (χ4n) is 3.06. The van der Waals surface area contributed by atoms with E-state index >= 15 is 0 Å². The van der Waals surface area contributed by atoms with Gasteiger partial charge < -0.3 is 10.2 Å². The number of hydrogen-bond acceptors (Lipinski definition) is 2. The molecule has 0 aromatic heterocycles. The van der Waals surface area contributed by atoms with Gasteiger partial charge in [0.2, 0.25) is 0 Å². The van der Waals surface area contributed by atoms with Crippen LogP contribution in [0.3, 0.4) is 0 Å². The zero-order chi connectivity index (χ0) is 9.59. The molecule has 2 saturated carbocycles. The first-order valence-electron chi connectivity index (χ1n) is 5.14. The molecule has 0 spiro atoms. The van der Waals surface area contributed by atoms with Gasteiger partial charge in [-0.3, -0.25) is 0 Å². The van der Waals surface area contributed by atoms with E-state index in [1.165, 1.54) is 12.8 Å². The van der Waals surface area contributed by atoms with Crippen LogP contribution in [0.2, 0.25) is 0 Å². The van der Waals surface area contributed by atoms with E-state index in [4.69, 9.17) is 0 Å². The monoisotopic (exact) mass is 182 g/mol. The van der Waals surface area contributed by atoms with Crippen LogP contribution in [0.5, 0.6) is 0 Å². The lowest BCUT2D eigenvalue weighted by Crippen LogP contribution is -2.54. The fraction of sp³-hybridized carbons (Fsp3) is 0.818. The van der Waals surface area contributed by atoms with E-state index in [-0.39, 0.29) is 12.0 Å². The van der Waals surface area contributed by atoms with Gasteiger partial charge in [-0.1, -0.05) is 18.6 Å². The summed E-state index contributed by atoms with van der Waals surface area (Å²) in [5.74, 6) is 1.10. The Hall–Kier alpha value is -0.340. The molecule has 1 unspecified atom stereocenters. The van der Waals surface area contributed by atoms with E-state index in [1.807, 2.05) is 6.92 Å². The van der Waals surface area contributed by atoms with Crippen molar-refractivity contribution in [3.8, 4) is 0 Å². The highest BCUT2D eigenvalue weighted by atomic mass is 16.3. The molecule has 0 aromatic rings. The average Bonchev–Trinajstić information content (AvgIpc) is 2.48. The quantitative estimate of drug-likeness (QED) is 0.632. The normalized spacial score (nSPS) is 45.2. The summed E-state index contributed by atoms with van der Waals surface area (Å²) in [6.45, 7) is 5.58. The molecule has 0 heterocycles. The van der Waals surface area contributed by atoms with E-state index in [9.17, 15) is 10.2 Å². The smallest absolute Gasteiger partial charge is 0.0800 e. The van der Waals surface area contributed by atoms with Gasteiger partial charge >= 0.3 is 0 Å². The van der Waals surface area contributed by atoms with Gasteiger partial charge in [-0.15, -0.1) is 0 Å². The topological polar surface area (TPSA) is 40.5 Å². The SMILES string of the molecule is C=C(C)[C@H](O)[C@H]1C(O)[C@@H]2CCC[C@H]12. The Bertz CT molecular complexity index is 224. The second-order valence-corrected chi connectivity index (χ2v) is 4.62. The molecule has 0 aliphatic heterocycles. The van der Waals surface area contributed by atoms with Gasteiger partial charge in [-0.05, 0) is 31.6 Å². The standard InChI is InChI=1S/C11H18O2/c1-6(2)10(12)9-7-4-3-5-8(7)11(9)13/h7-13H,1,3-5H2,2H3/t7-,8+,9-,10-,11?/m0/s1. The van der Waals surface area contributed by atoms with Crippen molar-refractivity contribution < 1.29 is 10.2 Å². The van der Waals surface area contributed by atoms with Crippen LogP contribution in [0, 0.1) is 17.8 Å². The van der Waals surface area contributed by atoms with Crippen LogP contribution in [-0.4, -0.2) is 22.4 Å². The minimum absolute atomic E-state index is 0.0741. The summed E-state index contributed by atoms with van der Waals surface area (Å²) in [7, 11) is 0. The molecule has 2 N–H and O–H groups in total. The van der Waals surface area contributed by atoms with Crippen LogP contribution in [0.4, 0.5) is 0 Å². The summed E-state index contributed by atoms with van der Waals surface area (Å²) in [4.78, 5) is 0. The zero-order valence-corrected chi connectivity index (χ0v) is 8.11. The maximum Gasteiger partial charge on any atom is 0.0800 e. The Balaban J connectivity index is 2.05. The first-order chi connectivity index (χ1) is 6.13. The van der Waals surface area contributed by atoms with Crippen molar-refractivity contribution in [1.82, 2.24) is 0 Å². The summed E-state index contributed by atoms with van der Waals surface area (Å²) >= 11 is 0. The number of rotatable bonds is 2. The van der Waals surface area contributed by atoms with Crippen molar-refractivity contribution in [1.29, 1.82) is 0 Å². The molecule has 2 aliphatic carbocycles. The molecule has 2 nitrogen and oxygen atoms in total. The predicted molar refractivity (Wildman–Crippen MR) is 51.1 cm³/mol. The maximum absolute atomic E-state index is 9.80. The van der Waals surface area contributed by atoms with Crippen molar-refractivity contribution in [2.75, 3.05) is 0 Å². The van der Waals surface area contributed by atoms with Crippen LogP contribution < -0.4 is 0 Å². The zero-order valence-electron chi connectivity index (χ0n) is 8.11. The third-order valence-electron chi connectivity index (χ3n) is 3.82. The summed E-state index contributed by atoms with van der Waals surface area (Å²) in [6.07, 6.45) is 2.77. The first kappa shape index (κ1) is 9.22. The van der Waals surface area contributed by atoms with E-state index < -0.39 is 6.10 Å². The molecule has 2 rings (SSSR count). The van der Waals surface area contributed by atoms with E-state index in [0.717, 1.165) is 12.0 Å². The van der Waals surface area contributed by atoms with Gasteiger partial charge in [0, 0.05) is 5.92 Å². The van der Waals surface area contributed by atoms with Crippen LogP contribution in [-0.2, 0) is 0 Å². The molecule has 0 saturated heterocycles. The largest absolute Gasteiger partial charge is 0.392 e. The van der Waals surface area contributed by atoms with Gasteiger partial charge in [0.1, 0.15) is 0 Å². The lowest BCUT2D eigenvalue weighted by molar-refractivity contribution is -0.126. The molecule has 5 atom stereocenters. The predicted octanol–water partition coefficient (Wildman–Crippen LogP) is 1.33.